The molecule has 0 aromatic rings. The molecule has 0 amide bonds. The largest absolute Gasteiger partial charge is 0.286 e. The molecule has 0 bridgehead atoms. The van der Waals surface area contributed by atoms with E-state index in [-0.39, 0.29) is 17.0 Å². The van der Waals surface area contributed by atoms with Crippen LogP contribution < -0.4 is 5.43 Å². The summed E-state index contributed by atoms with van der Waals surface area (Å²) >= 11 is 0. The lowest BCUT2D eigenvalue weighted by molar-refractivity contribution is -0.527. The minimum absolute atomic E-state index is 0.106. The molecular formula is C6H10N4O2. The van der Waals surface area contributed by atoms with Crippen molar-refractivity contribution in [1.29, 1.82) is 0 Å². The van der Waals surface area contributed by atoms with E-state index in [9.17, 15) is 10.1 Å². The maximum atomic E-state index is 10.5. The van der Waals surface area contributed by atoms with Crippen LogP contribution in [0, 0.1) is 10.1 Å². The van der Waals surface area contributed by atoms with E-state index in [1.54, 1.807) is 0 Å². The lowest BCUT2D eigenvalue weighted by atomic mass is 9.88. The quantitative estimate of drug-likeness (QED) is 0.460. The number of rotatable bonds is 1. The third kappa shape index (κ3) is 1.13. The molecule has 6 heteroatoms. The highest BCUT2D eigenvalue weighted by Gasteiger charge is 2.38. The molecule has 6 nitrogen and oxygen atoms in total. The van der Waals surface area contributed by atoms with Crippen molar-refractivity contribution in [2.24, 2.45) is 10.3 Å². The average Bonchev–Trinajstić information content (AvgIpc) is 2.49. The van der Waals surface area contributed by atoms with E-state index in [0.29, 0.717) is 12.8 Å². The first-order valence-electron chi connectivity index (χ1n) is 4.06. The maximum Gasteiger partial charge on any atom is 0.215 e. The first-order chi connectivity index (χ1) is 5.77. The molecule has 0 radical (unpaired) electrons. The lowest BCUT2D eigenvalue weighted by Gasteiger charge is -2.23. The van der Waals surface area contributed by atoms with Crippen LogP contribution in [0.25, 0.3) is 0 Å². The zero-order valence-electron chi connectivity index (χ0n) is 6.51. The van der Waals surface area contributed by atoms with Crippen LogP contribution in [0.15, 0.2) is 10.3 Å². The minimum Gasteiger partial charge on any atom is -0.286 e. The van der Waals surface area contributed by atoms with Crippen LogP contribution in [-0.2, 0) is 0 Å². The highest BCUT2D eigenvalue weighted by Crippen LogP contribution is 2.26. The van der Waals surface area contributed by atoms with E-state index in [2.05, 4.69) is 15.8 Å². The SMILES string of the molecule is O=[N+]([O-])C1CCC2N=NNC2C1. The van der Waals surface area contributed by atoms with Crippen LogP contribution in [0.4, 0.5) is 0 Å². The fourth-order valence-corrected chi connectivity index (χ4v) is 1.78. The van der Waals surface area contributed by atoms with Crippen LogP contribution in [0.2, 0.25) is 0 Å². The van der Waals surface area contributed by atoms with E-state index < -0.39 is 6.04 Å². The molecule has 0 aromatic heterocycles. The molecule has 1 N–H and O–H groups in total. The molecule has 1 fully saturated rings. The first-order valence-corrected chi connectivity index (χ1v) is 4.06. The normalized spacial score (nSPS) is 38.8. The summed E-state index contributed by atoms with van der Waals surface area (Å²) in [6.07, 6.45) is 1.98. The number of hydrogen-bond donors (Lipinski definition) is 1. The average molecular weight is 170 g/mol. The predicted octanol–water partition coefficient (Wildman–Crippen LogP) is 0.523. The predicted molar refractivity (Wildman–Crippen MR) is 40.2 cm³/mol. The van der Waals surface area contributed by atoms with Crippen LogP contribution in [-0.4, -0.2) is 23.0 Å². The smallest absolute Gasteiger partial charge is 0.215 e. The van der Waals surface area contributed by atoms with E-state index in [4.69, 9.17) is 0 Å². The van der Waals surface area contributed by atoms with Crippen molar-refractivity contribution in [3.05, 3.63) is 10.1 Å². The third-order valence-electron chi connectivity index (χ3n) is 2.51. The summed E-state index contributed by atoms with van der Waals surface area (Å²) in [6, 6.07) is -0.113. The first kappa shape index (κ1) is 7.45. The van der Waals surface area contributed by atoms with Gasteiger partial charge in [-0.3, -0.25) is 15.5 Å². The van der Waals surface area contributed by atoms with Gasteiger partial charge in [0.15, 0.2) is 0 Å². The number of hydrogen-bond acceptors (Lipinski definition) is 5. The van der Waals surface area contributed by atoms with Gasteiger partial charge in [-0.2, -0.15) is 5.11 Å². The molecule has 1 aliphatic heterocycles. The van der Waals surface area contributed by atoms with E-state index >= 15 is 0 Å². The van der Waals surface area contributed by atoms with Crippen LogP contribution >= 0.6 is 0 Å². The molecule has 66 valence electrons. The van der Waals surface area contributed by atoms with E-state index in [0.717, 1.165) is 6.42 Å². The van der Waals surface area contributed by atoms with Gasteiger partial charge in [-0.15, -0.1) is 0 Å². The Morgan fingerprint density at radius 3 is 3.08 bits per heavy atom. The summed E-state index contributed by atoms with van der Waals surface area (Å²) in [4.78, 5) is 10.3. The Balaban J connectivity index is 1.99. The molecule has 0 saturated heterocycles. The van der Waals surface area contributed by atoms with Gasteiger partial charge < -0.3 is 0 Å². The van der Waals surface area contributed by atoms with Gasteiger partial charge in [-0.1, -0.05) is 5.22 Å². The van der Waals surface area contributed by atoms with Gasteiger partial charge in [0, 0.05) is 17.8 Å². The molecule has 1 saturated carbocycles. The standard InChI is InChI=1S/C6H10N4O2/c11-10(12)4-1-2-5-6(3-4)8-9-7-5/h4-6H,1-3H2,(H,7,8). The summed E-state index contributed by atoms with van der Waals surface area (Å²) in [5.74, 6) is 0. The summed E-state index contributed by atoms with van der Waals surface area (Å²) < 4.78 is 0. The number of fused-ring (bicyclic) bond motifs is 1. The Hall–Kier alpha value is -1.20. The molecule has 0 spiro atoms. The highest BCUT2D eigenvalue weighted by molar-refractivity contribution is 4.90. The molecule has 3 unspecified atom stereocenters. The van der Waals surface area contributed by atoms with Gasteiger partial charge in [-0.25, -0.2) is 0 Å². The fourth-order valence-electron chi connectivity index (χ4n) is 1.78. The summed E-state index contributed by atoms with van der Waals surface area (Å²) in [5, 5.41) is 18.1. The van der Waals surface area contributed by atoms with Crippen LogP contribution in [0.3, 0.4) is 0 Å². The zero-order chi connectivity index (χ0) is 8.55. The second-order valence-electron chi connectivity index (χ2n) is 3.27. The molecule has 1 aliphatic carbocycles. The third-order valence-corrected chi connectivity index (χ3v) is 2.51. The molecule has 0 aromatic carbocycles. The Labute approximate surface area is 69.2 Å². The monoisotopic (exact) mass is 170 g/mol. The number of nitro groups is 1. The van der Waals surface area contributed by atoms with Crippen molar-refractivity contribution in [2.75, 3.05) is 0 Å². The van der Waals surface area contributed by atoms with Gasteiger partial charge in [0.2, 0.25) is 6.04 Å². The molecule has 2 aliphatic rings. The Kier molecular flexibility index (Phi) is 1.67. The van der Waals surface area contributed by atoms with Gasteiger partial charge in [0.1, 0.15) is 0 Å². The summed E-state index contributed by atoms with van der Waals surface area (Å²) in [7, 11) is 0. The molecule has 3 atom stereocenters. The summed E-state index contributed by atoms with van der Waals surface area (Å²) in [5.41, 5.74) is 2.80. The highest BCUT2D eigenvalue weighted by atomic mass is 16.6. The molecule has 1 heterocycles. The Morgan fingerprint density at radius 1 is 1.50 bits per heavy atom. The van der Waals surface area contributed by atoms with E-state index in [1.165, 1.54) is 0 Å². The Morgan fingerprint density at radius 2 is 2.33 bits per heavy atom. The van der Waals surface area contributed by atoms with Crippen molar-refractivity contribution in [3.8, 4) is 0 Å². The topological polar surface area (TPSA) is 79.9 Å². The minimum atomic E-state index is -0.401. The summed E-state index contributed by atoms with van der Waals surface area (Å²) in [6.45, 7) is 0. The van der Waals surface area contributed by atoms with Crippen molar-refractivity contribution < 1.29 is 4.92 Å². The van der Waals surface area contributed by atoms with E-state index in [1.807, 2.05) is 0 Å². The number of nitrogens with one attached hydrogen (secondary N) is 1. The molecule has 12 heavy (non-hydrogen) atoms. The molecule has 2 rings (SSSR count). The van der Waals surface area contributed by atoms with Crippen molar-refractivity contribution in [2.45, 2.75) is 37.4 Å². The second kappa shape index (κ2) is 2.69. The van der Waals surface area contributed by atoms with Crippen molar-refractivity contribution in [1.82, 2.24) is 5.43 Å². The van der Waals surface area contributed by atoms with Gasteiger partial charge in [0.25, 0.3) is 0 Å². The van der Waals surface area contributed by atoms with Crippen molar-refractivity contribution in [3.63, 3.8) is 0 Å². The fraction of sp³-hybridized carbons (Fsp3) is 1.00. The Bertz CT molecular complexity index is 230. The van der Waals surface area contributed by atoms with Gasteiger partial charge in [0.05, 0.1) is 12.1 Å². The molecular weight excluding hydrogens is 160 g/mol. The van der Waals surface area contributed by atoms with Crippen LogP contribution in [0.5, 0.6) is 0 Å². The van der Waals surface area contributed by atoms with Crippen molar-refractivity contribution >= 4 is 0 Å². The second-order valence-corrected chi connectivity index (χ2v) is 3.27. The zero-order valence-corrected chi connectivity index (χ0v) is 6.51. The van der Waals surface area contributed by atoms with Gasteiger partial charge >= 0.3 is 0 Å². The lowest BCUT2D eigenvalue weighted by Crippen LogP contribution is -2.41. The maximum absolute atomic E-state index is 10.5. The van der Waals surface area contributed by atoms with Gasteiger partial charge in [-0.05, 0) is 6.42 Å². The number of nitrogens with zero attached hydrogens (tertiary/aromatic N) is 3. The van der Waals surface area contributed by atoms with Crippen LogP contribution in [0.1, 0.15) is 19.3 Å².